The van der Waals surface area contributed by atoms with Gasteiger partial charge in [0, 0.05) is 18.1 Å². The van der Waals surface area contributed by atoms with Gasteiger partial charge in [-0.25, -0.2) is 4.79 Å². The van der Waals surface area contributed by atoms with E-state index in [1.165, 1.54) is 6.07 Å². The lowest BCUT2D eigenvalue weighted by molar-refractivity contribution is 0.0527. The van der Waals surface area contributed by atoms with Gasteiger partial charge in [-0.15, -0.1) is 11.3 Å². The van der Waals surface area contributed by atoms with Crippen LogP contribution in [0.5, 0.6) is 5.75 Å². The minimum Gasteiger partial charge on any atom is -0.486 e. The molecular formula is C26H29ClN2O6S. The summed E-state index contributed by atoms with van der Waals surface area (Å²) >= 11 is 7.09. The van der Waals surface area contributed by atoms with Gasteiger partial charge in [-0.3, -0.25) is 9.59 Å². The molecule has 3 rings (SSSR count). The monoisotopic (exact) mass is 532 g/mol. The number of esters is 1. The molecule has 0 aliphatic heterocycles. The molecule has 0 radical (unpaired) electrons. The van der Waals surface area contributed by atoms with Crippen molar-refractivity contribution >= 4 is 45.7 Å². The van der Waals surface area contributed by atoms with Gasteiger partial charge in [-0.2, -0.15) is 0 Å². The summed E-state index contributed by atoms with van der Waals surface area (Å²) < 4.78 is 16.5. The molecule has 0 aliphatic carbocycles. The van der Waals surface area contributed by atoms with Crippen LogP contribution in [-0.4, -0.2) is 42.4 Å². The van der Waals surface area contributed by atoms with E-state index >= 15 is 0 Å². The van der Waals surface area contributed by atoms with E-state index in [1.54, 1.807) is 36.9 Å². The number of carbonyl (C=O) groups is 3. The number of benzene rings is 1. The normalized spacial score (nSPS) is 10.7. The fourth-order valence-electron chi connectivity index (χ4n) is 3.51. The fraction of sp³-hybridized carbons (Fsp3) is 0.346. The van der Waals surface area contributed by atoms with Crippen LogP contribution in [0.4, 0.5) is 5.00 Å². The topological polar surface area (TPSA) is 98.1 Å². The molecule has 8 nitrogen and oxygen atoms in total. The number of rotatable bonds is 10. The number of halogens is 1. The highest BCUT2D eigenvalue weighted by Crippen LogP contribution is 2.35. The van der Waals surface area contributed by atoms with Crippen molar-refractivity contribution in [3.63, 3.8) is 0 Å². The maximum absolute atomic E-state index is 13.0. The average Bonchev–Trinajstić information content (AvgIpc) is 3.45. The number of thiophene rings is 1. The number of hydrogen-bond acceptors (Lipinski definition) is 7. The average molecular weight is 533 g/mol. The first-order valence-corrected chi connectivity index (χ1v) is 12.8. The van der Waals surface area contributed by atoms with Crippen LogP contribution in [0.1, 0.15) is 68.2 Å². The maximum Gasteiger partial charge on any atom is 0.341 e. The van der Waals surface area contributed by atoms with E-state index in [4.69, 9.17) is 25.5 Å². The quantitative estimate of drug-likeness (QED) is 0.317. The van der Waals surface area contributed by atoms with Crippen molar-refractivity contribution in [3.05, 3.63) is 68.4 Å². The summed E-state index contributed by atoms with van der Waals surface area (Å²) in [5.74, 6) is -0.262. The number of amides is 2. The van der Waals surface area contributed by atoms with Gasteiger partial charge in [0.05, 0.1) is 17.0 Å². The number of ether oxygens (including phenoxy) is 2. The lowest BCUT2D eigenvalue weighted by Crippen LogP contribution is -2.30. The fourth-order valence-corrected chi connectivity index (χ4v) is 4.79. The lowest BCUT2D eigenvalue weighted by Gasteiger charge is -2.18. The Morgan fingerprint density at radius 2 is 1.81 bits per heavy atom. The van der Waals surface area contributed by atoms with Crippen molar-refractivity contribution in [3.8, 4) is 5.75 Å². The minimum atomic E-state index is -0.605. The molecule has 0 saturated heterocycles. The molecule has 2 heterocycles. The van der Waals surface area contributed by atoms with Crippen molar-refractivity contribution in [1.29, 1.82) is 0 Å². The molecule has 0 spiro atoms. The first-order chi connectivity index (χ1) is 17.2. The van der Waals surface area contributed by atoms with Crippen LogP contribution in [0.15, 0.2) is 34.7 Å². The molecule has 3 aromatic rings. The van der Waals surface area contributed by atoms with E-state index < -0.39 is 11.9 Å². The maximum atomic E-state index is 13.0. The molecule has 0 bridgehead atoms. The zero-order valence-electron chi connectivity index (χ0n) is 20.9. The number of anilines is 1. The van der Waals surface area contributed by atoms with Crippen molar-refractivity contribution < 1.29 is 28.3 Å². The SMILES string of the molecule is CCOC(=O)c1c(NC(=O)c2ccc(COc3ccc(Cl)c(C)c3)o2)sc(C(=O)N(CC)CC)c1C. The highest BCUT2D eigenvalue weighted by molar-refractivity contribution is 7.18. The van der Waals surface area contributed by atoms with Crippen molar-refractivity contribution in [2.75, 3.05) is 25.0 Å². The van der Waals surface area contributed by atoms with Crippen LogP contribution in [0.25, 0.3) is 0 Å². The Hall–Kier alpha value is -3.30. The molecule has 1 aromatic carbocycles. The van der Waals surface area contributed by atoms with Crippen molar-refractivity contribution in [1.82, 2.24) is 4.90 Å². The molecule has 36 heavy (non-hydrogen) atoms. The number of carbonyl (C=O) groups excluding carboxylic acids is 3. The predicted octanol–water partition coefficient (Wildman–Crippen LogP) is 6.10. The second-order valence-electron chi connectivity index (χ2n) is 7.88. The number of nitrogens with one attached hydrogen (secondary N) is 1. The van der Waals surface area contributed by atoms with Gasteiger partial charge in [0.1, 0.15) is 23.1 Å². The molecule has 10 heteroatoms. The van der Waals surface area contributed by atoms with E-state index in [0.29, 0.717) is 40.1 Å². The first-order valence-electron chi connectivity index (χ1n) is 11.6. The van der Waals surface area contributed by atoms with Gasteiger partial charge in [0.15, 0.2) is 5.76 Å². The van der Waals surface area contributed by atoms with Gasteiger partial charge in [-0.05, 0) is 76.1 Å². The Labute approximate surface area is 219 Å². The van der Waals surface area contributed by atoms with E-state index in [-0.39, 0.29) is 35.4 Å². The Kier molecular flexibility index (Phi) is 9.17. The Balaban J connectivity index is 1.80. The molecule has 0 aliphatic rings. The third kappa shape index (κ3) is 6.09. The summed E-state index contributed by atoms with van der Waals surface area (Å²) in [6, 6.07) is 8.47. The number of nitrogens with zero attached hydrogens (tertiary/aromatic N) is 1. The zero-order chi connectivity index (χ0) is 26.4. The Morgan fingerprint density at radius 1 is 1.08 bits per heavy atom. The Bertz CT molecular complexity index is 1260. The summed E-state index contributed by atoms with van der Waals surface area (Å²) in [6.07, 6.45) is 0. The van der Waals surface area contributed by atoms with E-state index in [9.17, 15) is 14.4 Å². The third-order valence-corrected chi connectivity index (χ3v) is 7.11. The number of hydrogen-bond donors (Lipinski definition) is 1. The van der Waals surface area contributed by atoms with Gasteiger partial charge >= 0.3 is 5.97 Å². The van der Waals surface area contributed by atoms with Gasteiger partial charge in [-0.1, -0.05) is 11.6 Å². The highest BCUT2D eigenvalue weighted by Gasteiger charge is 2.29. The minimum absolute atomic E-state index is 0.0402. The molecule has 192 valence electrons. The van der Waals surface area contributed by atoms with Gasteiger partial charge in [0.25, 0.3) is 11.8 Å². The first kappa shape index (κ1) is 27.3. The molecule has 1 N–H and O–H groups in total. The summed E-state index contributed by atoms with van der Waals surface area (Å²) in [7, 11) is 0. The van der Waals surface area contributed by atoms with Crippen LogP contribution >= 0.6 is 22.9 Å². The smallest absolute Gasteiger partial charge is 0.341 e. The summed E-state index contributed by atoms with van der Waals surface area (Å²) in [5, 5.41) is 3.60. The largest absolute Gasteiger partial charge is 0.486 e. The van der Waals surface area contributed by atoms with E-state index in [0.717, 1.165) is 16.9 Å². The molecule has 0 atom stereocenters. The van der Waals surface area contributed by atoms with Crippen molar-refractivity contribution in [2.24, 2.45) is 0 Å². The number of furan rings is 1. The van der Waals surface area contributed by atoms with Crippen molar-refractivity contribution in [2.45, 2.75) is 41.2 Å². The third-order valence-electron chi connectivity index (χ3n) is 5.49. The Morgan fingerprint density at radius 3 is 2.44 bits per heavy atom. The predicted molar refractivity (Wildman–Crippen MR) is 139 cm³/mol. The van der Waals surface area contributed by atoms with Gasteiger partial charge < -0.3 is 24.1 Å². The van der Waals surface area contributed by atoms with Gasteiger partial charge in [0.2, 0.25) is 0 Å². The van der Waals surface area contributed by atoms with Crippen LogP contribution in [-0.2, 0) is 11.3 Å². The molecule has 2 aromatic heterocycles. The van der Waals surface area contributed by atoms with Crippen LogP contribution in [0.2, 0.25) is 5.02 Å². The highest BCUT2D eigenvalue weighted by atomic mass is 35.5. The van der Waals surface area contributed by atoms with Crippen LogP contribution < -0.4 is 10.1 Å². The summed E-state index contributed by atoms with van der Waals surface area (Å²) in [4.78, 5) is 40.7. The molecular weight excluding hydrogens is 504 g/mol. The second-order valence-corrected chi connectivity index (χ2v) is 9.31. The van der Waals surface area contributed by atoms with Crippen LogP contribution in [0.3, 0.4) is 0 Å². The molecule has 0 fully saturated rings. The lowest BCUT2D eigenvalue weighted by atomic mass is 10.1. The van der Waals surface area contributed by atoms with E-state index in [1.807, 2.05) is 26.8 Å². The summed E-state index contributed by atoms with van der Waals surface area (Å²) in [6.45, 7) is 10.3. The standard InChI is InChI=1S/C26H29ClN2O6S/c1-6-29(7-2)25(31)22-16(5)21(26(32)33-8-3)24(36-22)28-23(30)20-12-10-18(35-20)14-34-17-9-11-19(27)15(4)13-17/h9-13H,6-8,14H2,1-5H3,(H,28,30). The summed E-state index contributed by atoms with van der Waals surface area (Å²) in [5.41, 5.74) is 1.52. The number of aryl methyl sites for hydroxylation is 1. The van der Waals surface area contributed by atoms with Crippen LogP contribution in [0, 0.1) is 13.8 Å². The molecule has 0 saturated carbocycles. The van der Waals surface area contributed by atoms with E-state index in [2.05, 4.69) is 5.32 Å². The molecule has 0 unspecified atom stereocenters. The molecule has 2 amide bonds. The second kappa shape index (κ2) is 12.1. The zero-order valence-corrected chi connectivity index (χ0v) is 22.5.